The number of halogens is 3. The minimum absolute atomic E-state index is 0.0274. The van der Waals surface area contributed by atoms with Gasteiger partial charge in [0.1, 0.15) is 6.61 Å². The SMILES string of the molecule is CNCC(C)(CCOCC(F)(F)F)C(C)C. The maximum absolute atomic E-state index is 11.8. The van der Waals surface area contributed by atoms with Crippen molar-refractivity contribution in [1.82, 2.24) is 5.32 Å². The molecule has 0 aromatic carbocycles. The van der Waals surface area contributed by atoms with Gasteiger partial charge in [0.25, 0.3) is 0 Å². The summed E-state index contributed by atoms with van der Waals surface area (Å²) in [6, 6.07) is 0. The van der Waals surface area contributed by atoms with Crippen molar-refractivity contribution in [2.75, 3.05) is 26.8 Å². The van der Waals surface area contributed by atoms with E-state index < -0.39 is 12.8 Å². The zero-order valence-electron chi connectivity index (χ0n) is 10.4. The highest BCUT2D eigenvalue weighted by Crippen LogP contribution is 2.30. The minimum atomic E-state index is -4.22. The zero-order valence-corrected chi connectivity index (χ0v) is 10.4. The highest BCUT2D eigenvalue weighted by atomic mass is 19.4. The topological polar surface area (TPSA) is 21.3 Å². The highest BCUT2D eigenvalue weighted by Gasteiger charge is 2.30. The predicted octanol–water partition coefficient (Wildman–Crippen LogP) is 2.84. The summed E-state index contributed by atoms with van der Waals surface area (Å²) in [6.07, 6.45) is -3.60. The number of nitrogens with one attached hydrogen (secondary N) is 1. The Morgan fingerprint density at radius 2 is 1.81 bits per heavy atom. The molecule has 0 radical (unpaired) electrons. The molecular formula is C11H22F3NO. The van der Waals surface area contributed by atoms with Gasteiger partial charge in [0.2, 0.25) is 0 Å². The second kappa shape index (κ2) is 6.45. The number of alkyl halides is 3. The van der Waals surface area contributed by atoms with Crippen molar-refractivity contribution in [3.8, 4) is 0 Å². The maximum atomic E-state index is 11.8. The summed E-state index contributed by atoms with van der Waals surface area (Å²) in [4.78, 5) is 0. The quantitative estimate of drug-likeness (QED) is 0.692. The van der Waals surface area contributed by atoms with E-state index in [1.165, 1.54) is 0 Å². The smallest absolute Gasteiger partial charge is 0.372 e. The lowest BCUT2D eigenvalue weighted by molar-refractivity contribution is -0.175. The third kappa shape index (κ3) is 6.33. The van der Waals surface area contributed by atoms with Crippen molar-refractivity contribution in [1.29, 1.82) is 0 Å². The van der Waals surface area contributed by atoms with Crippen LogP contribution in [-0.4, -0.2) is 33.0 Å². The molecule has 0 aliphatic carbocycles. The third-order valence-corrected chi connectivity index (χ3v) is 3.06. The summed E-state index contributed by atoms with van der Waals surface area (Å²) in [5.41, 5.74) is -0.0274. The van der Waals surface area contributed by atoms with Crippen molar-refractivity contribution in [2.24, 2.45) is 11.3 Å². The van der Waals surface area contributed by atoms with Crippen LogP contribution in [0.5, 0.6) is 0 Å². The number of hydrogen-bond acceptors (Lipinski definition) is 2. The van der Waals surface area contributed by atoms with Crippen LogP contribution in [0, 0.1) is 11.3 Å². The zero-order chi connectivity index (χ0) is 12.8. The van der Waals surface area contributed by atoms with Crippen molar-refractivity contribution in [2.45, 2.75) is 33.4 Å². The minimum Gasteiger partial charge on any atom is -0.372 e. The predicted molar refractivity (Wildman–Crippen MR) is 58.4 cm³/mol. The van der Waals surface area contributed by atoms with Gasteiger partial charge < -0.3 is 10.1 Å². The fourth-order valence-electron chi connectivity index (χ4n) is 1.48. The Bertz CT molecular complexity index is 194. The van der Waals surface area contributed by atoms with Crippen molar-refractivity contribution >= 4 is 0 Å². The fourth-order valence-corrected chi connectivity index (χ4v) is 1.48. The second-order valence-electron chi connectivity index (χ2n) is 4.76. The average molecular weight is 241 g/mol. The number of rotatable bonds is 7. The summed E-state index contributed by atoms with van der Waals surface area (Å²) < 4.78 is 40.2. The van der Waals surface area contributed by atoms with E-state index in [2.05, 4.69) is 30.8 Å². The molecule has 0 heterocycles. The van der Waals surface area contributed by atoms with E-state index in [-0.39, 0.29) is 12.0 Å². The Hall–Kier alpha value is -0.290. The summed E-state index contributed by atoms with van der Waals surface area (Å²) in [5.74, 6) is 0.398. The van der Waals surface area contributed by atoms with Crippen LogP contribution in [0.2, 0.25) is 0 Å². The van der Waals surface area contributed by atoms with Gasteiger partial charge in [0.05, 0.1) is 0 Å². The van der Waals surface area contributed by atoms with Crippen molar-refractivity contribution < 1.29 is 17.9 Å². The van der Waals surface area contributed by atoms with Crippen LogP contribution in [0.3, 0.4) is 0 Å². The first-order valence-corrected chi connectivity index (χ1v) is 5.50. The first kappa shape index (κ1) is 15.7. The lowest BCUT2D eigenvalue weighted by Gasteiger charge is -2.33. The van der Waals surface area contributed by atoms with Gasteiger partial charge in [-0.05, 0) is 24.8 Å². The molecule has 0 aromatic heterocycles. The molecule has 2 nitrogen and oxygen atoms in total. The van der Waals surface area contributed by atoms with Gasteiger partial charge in [-0.2, -0.15) is 13.2 Å². The molecule has 0 aliphatic heterocycles. The van der Waals surface area contributed by atoms with Crippen LogP contribution in [-0.2, 0) is 4.74 Å². The van der Waals surface area contributed by atoms with Crippen LogP contribution < -0.4 is 5.32 Å². The maximum Gasteiger partial charge on any atom is 0.411 e. The molecule has 0 aliphatic rings. The van der Waals surface area contributed by atoms with Crippen LogP contribution >= 0.6 is 0 Å². The van der Waals surface area contributed by atoms with Gasteiger partial charge in [-0.1, -0.05) is 20.8 Å². The Labute approximate surface area is 95.5 Å². The molecule has 0 saturated carbocycles. The monoisotopic (exact) mass is 241 g/mol. The van der Waals surface area contributed by atoms with Gasteiger partial charge in [-0.3, -0.25) is 0 Å². The number of ether oxygens (including phenoxy) is 1. The summed E-state index contributed by atoms with van der Waals surface area (Å²) in [5, 5.41) is 3.07. The Balaban J connectivity index is 3.95. The lowest BCUT2D eigenvalue weighted by Crippen LogP contribution is -2.36. The molecule has 0 fully saturated rings. The summed E-state index contributed by atoms with van der Waals surface area (Å²) >= 11 is 0. The standard InChI is InChI=1S/C11H22F3NO/c1-9(2)10(3,7-15-4)5-6-16-8-11(12,13)14/h9,15H,5-8H2,1-4H3. The molecule has 1 unspecified atom stereocenters. The molecule has 1 N–H and O–H groups in total. The van der Waals surface area contributed by atoms with Crippen molar-refractivity contribution in [3.05, 3.63) is 0 Å². The first-order valence-electron chi connectivity index (χ1n) is 5.50. The van der Waals surface area contributed by atoms with Crippen molar-refractivity contribution in [3.63, 3.8) is 0 Å². The van der Waals surface area contributed by atoms with E-state index in [4.69, 9.17) is 0 Å². The molecule has 0 rings (SSSR count). The van der Waals surface area contributed by atoms with Crippen LogP contribution in [0.1, 0.15) is 27.2 Å². The molecule has 0 spiro atoms. The van der Waals surface area contributed by atoms with E-state index >= 15 is 0 Å². The molecular weight excluding hydrogens is 219 g/mol. The molecule has 16 heavy (non-hydrogen) atoms. The van der Waals surface area contributed by atoms with E-state index in [9.17, 15) is 13.2 Å². The molecule has 0 bridgehead atoms. The molecule has 5 heteroatoms. The van der Waals surface area contributed by atoms with E-state index in [1.54, 1.807) is 0 Å². The Morgan fingerprint density at radius 3 is 2.19 bits per heavy atom. The molecule has 0 aromatic rings. The Morgan fingerprint density at radius 1 is 1.25 bits per heavy atom. The van der Waals surface area contributed by atoms with Gasteiger partial charge in [0, 0.05) is 13.2 Å². The normalized spacial score (nSPS) is 16.5. The fraction of sp³-hybridized carbons (Fsp3) is 1.00. The van der Waals surface area contributed by atoms with Crippen LogP contribution in [0.4, 0.5) is 13.2 Å². The molecule has 0 saturated heterocycles. The molecule has 98 valence electrons. The lowest BCUT2D eigenvalue weighted by atomic mass is 9.76. The summed E-state index contributed by atoms with van der Waals surface area (Å²) in [6.45, 7) is 5.98. The van der Waals surface area contributed by atoms with Gasteiger partial charge >= 0.3 is 6.18 Å². The van der Waals surface area contributed by atoms with E-state index in [0.717, 1.165) is 6.54 Å². The van der Waals surface area contributed by atoms with E-state index in [1.807, 2.05) is 7.05 Å². The summed E-state index contributed by atoms with van der Waals surface area (Å²) in [7, 11) is 1.84. The van der Waals surface area contributed by atoms with Crippen LogP contribution in [0.25, 0.3) is 0 Å². The Kier molecular flexibility index (Phi) is 6.33. The van der Waals surface area contributed by atoms with Gasteiger partial charge in [-0.15, -0.1) is 0 Å². The highest BCUT2D eigenvalue weighted by molar-refractivity contribution is 4.79. The largest absolute Gasteiger partial charge is 0.411 e. The van der Waals surface area contributed by atoms with Gasteiger partial charge in [-0.25, -0.2) is 0 Å². The van der Waals surface area contributed by atoms with E-state index in [0.29, 0.717) is 12.3 Å². The third-order valence-electron chi connectivity index (χ3n) is 3.06. The second-order valence-corrected chi connectivity index (χ2v) is 4.76. The van der Waals surface area contributed by atoms with Gasteiger partial charge in [0.15, 0.2) is 0 Å². The first-order chi connectivity index (χ1) is 7.21. The molecule has 0 amide bonds. The average Bonchev–Trinajstić information content (AvgIpc) is 2.11. The number of hydrogen-bond donors (Lipinski definition) is 1. The van der Waals surface area contributed by atoms with Crippen LogP contribution in [0.15, 0.2) is 0 Å². The molecule has 1 atom stereocenters.